The van der Waals surface area contributed by atoms with Crippen molar-refractivity contribution < 1.29 is 23.9 Å². The van der Waals surface area contributed by atoms with E-state index in [1.54, 1.807) is 26.0 Å². The Morgan fingerprint density at radius 3 is 2.39 bits per heavy atom. The van der Waals surface area contributed by atoms with Crippen LogP contribution in [0.15, 0.2) is 42.5 Å². The van der Waals surface area contributed by atoms with E-state index in [1.807, 2.05) is 42.5 Å². The van der Waals surface area contributed by atoms with Gasteiger partial charge in [-0.3, -0.25) is 14.5 Å². The number of urea groups is 1. The van der Waals surface area contributed by atoms with Crippen LogP contribution >= 0.6 is 0 Å². The molecule has 2 aromatic carbocycles. The lowest BCUT2D eigenvalue weighted by Crippen LogP contribution is -2.44. The zero-order valence-corrected chi connectivity index (χ0v) is 21.9. The molecule has 2 atom stereocenters. The van der Waals surface area contributed by atoms with Gasteiger partial charge in [0.15, 0.2) is 0 Å². The van der Waals surface area contributed by atoms with Gasteiger partial charge in [-0.25, -0.2) is 4.79 Å². The van der Waals surface area contributed by atoms with Gasteiger partial charge in [-0.2, -0.15) is 0 Å². The molecule has 0 saturated carbocycles. The Morgan fingerprint density at radius 1 is 1.08 bits per heavy atom. The van der Waals surface area contributed by atoms with Crippen LogP contribution in [-0.4, -0.2) is 55.0 Å². The van der Waals surface area contributed by atoms with Crippen LogP contribution in [0.5, 0.6) is 11.5 Å². The molecule has 2 aromatic rings. The quantitative estimate of drug-likeness (QED) is 0.612. The summed E-state index contributed by atoms with van der Waals surface area (Å²) in [6.07, 6.45) is 1.57. The molecule has 0 spiro atoms. The highest BCUT2D eigenvalue weighted by atomic mass is 16.5. The largest absolute Gasteiger partial charge is 0.497 e. The monoisotopic (exact) mass is 493 g/mol. The number of hydrogen-bond donors (Lipinski definition) is 1. The average Bonchev–Trinajstić information content (AvgIpc) is 3.43. The fraction of sp³-hybridized carbons (Fsp3) is 0.464. The van der Waals surface area contributed by atoms with Gasteiger partial charge >= 0.3 is 6.03 Å². The molecule has 0 aliphatic carbocycles. The van der Waals surface area contributed by atoms with Gasteiger partial charge in [-0.15, -0.1) is 0 Å². The van der Waals surface area contributed by atoms with Crippen molar-refractivity contribution in [3.05, 3.63) is 59.2 Å². The van der Waals surface area contributed by atoms with Gasteiger partial charge in [0.2, 0.25) is 5.91 Å². The third kappa shape index (κ3) is 4.52. The van der Waals surface area contributed by atoms with Crippen molar-refractivity contribution in [2.45, 2.75) is 57.5 Å². The second-order valence-corrected chi connectivity index (χ2v) is 10.6. The summed E-state index contributed by atoms with van der Waals surface area (Å²) >= 11 is 0. The van der Waals surface area contributed by atoms with E-state index in [1.165, 1.54) is 0 Å². The third-order valence-electron chi connectivity index (χ3n) is 7.27. The van der Waals surface area contributed by atoms with E-state index in [9.17, 15) is 14.4 Å². The summed E-state index contributed by atoms with van der Waals surface area (Å²) in [5.41, 5.74) is 1.41. The summed E-state index contributed by atoms with van der Waals surface area (Å²) in [6.45, 7) is 8.26. The van der Waals surface area contributed by atoms with E-state index in [0.29, 0.717) is 23.6 Å². The van der Waals surface area contributed by atoms with Gasteiger partial charge < -0.3 is 19.7 Å². The maximum Gasteiger partial charge on any atom is 0.325 e. The topological polar surface area (TPSA) is 88.2 Å². The Kier molecular flexibility index (Phi) is 6.73. The molecule has 4 rings (SSSR count). The molecule has 0 radical (unpaired) electrons. The molecule has 8 heteroatoms. The minimum Gasteiger partial charge on any atom is -0.497 e. The normalized spacial score (nSPS) is 22.1. The maximum absolute atomic E-state index is 13.4. The lowest BCUT2D eigenvalue weighted by molar-refractivity contribution is -0.139. The molecule has 0 unspecified atom stereocenters. The number of nitrogens with one attached hydrogen (secondary N) is 1. The van der Waals surface area contributed by atoms with E-state index in [4.69, 9.17) is 9.47 Å². The van der Waals surface area contributed by atoms with Gasteiger partial charge in [0, 0.05) is 12.1 Å². The number of carbonyl (C=O) groups is 3. The number of rotatable bonds is 6. The van der Waals surface area contributed by atoms with E-state index < -0.39 is 17.5 Å². The molecule has 1 N–H and O–H groups in total. The van der Waals surface area contributed by atoms with Gasteiger partial charge in [0.25, 0.3) is 5.91 Å². The predicted molar refractivity (Wildman–Crippen MR) is 136 cm³/mol. The number of ether oxygens (including phenoxy) is 2. The molecule has 36 heavy (non-hydrogen) atoms. The molecule has 2 heterocycles. The summed E-state index contributed by atoms with van der Waals surface area (Å²) in [7, 11) is 3.18. The molecule has 2 saturated heterocycles. The van der Waals surface area contributed by atoms with E-state index >= 15 is 0 Å². The smallest absolute Gasteiger partial charge is 0.325 e. The minimum absolute atomic E-state index is 0.0292. The minimum atomic E-state index is -1.23. The number of likely N-dealkylation sites (tertiary alicyclic amines) is 1. The molecular formula is C28H35N3O5. The van der Waals surface area contributed by atoms with Crippen LogP contribution < -0.4 is 14.8 Å². The van der Waals surface area contributed by atoms with Crippen LogP contribution in [0.3, 0.4) is 0 Å². The zero-order chi connectivity index (χ0) is 26.3. The molecule has 2 fully saturated rings. The van der Waals surface area contributed by atoms with E-state index in [2.05, 4.69) is 26.1 Å². The van der Waals surface area contributed by atoms with Crippen LogP contribution in [-0.2, 0) is 20.5 Å². The van der Waals surface area contributed by atoms with E-state index in [0.717, 1.165) is 28.9 Å². The number of imide groups is 1. The second kappa shape index (κ2) is 9.48. The summed E-state index contributed by atoms with van der Waals surface area (Å²) in [6, 6.07) is 12.4. The van der Waals surface area contributed by atoms with Crippen LogP contribution in [0.4, 0.5) is 4.79 Å². The van der Waals surface area contributed by atoms with Gasteiger partial charge in [0.05, 0.1) is 20.3 Å². The highest BCUT2D eigenvalue weighted by Crippen LogP contribution is 2.39. The van der Waals surface area contributed by atoms with Crippen molar-refractivity contribution in [3.8, 4) is 11.5 Å². The molecule has 192 valence electrons. The number of hydrogen-bond acceptors (Lipinski definition) is 5. The first-order chi connectivity index (χ1) is 17.0. The molecular weight excluding hydrogens is 458 g/mol. The molecule has 4 amide bonds. The van der Waals surface area contributed by atoms with Crippen LogP contribution in [0, 0.1) is 0 Å². The molecule has 2 aliphatic rings. The van der Waals surface area contributed by atoms with Crippen LogP contribution in [0.1, 0.15) is 63.3 Å². The van der Waals surface area contributed by atoms with Crippen molar-refractivity contribution in [3.63, 3.8) is 0 Å². The van der Waals surface area contributed by atoms with Crippen molar-refractivity contribution >= 4 is 17.8 Å². The van der Waals surface area contributed by atoms with E-state index in [-0.39, 0.29) is 23.9 Å². The number of nitrogens with zero attached hydrogens (tertiary/aromatic N) is 2. The third-order valence-corrected chi connectivity index (χ3v) is 7.27. The van der Waals surface area contributed by atoms with Gasteiger partial charge in [0.1, 0.15) is 23.6 Å². The van der Waals surface area contributed by atoms with Crippen molar-refractivity contribution in [1.29, 1.82) is 0 Å². The zero-order valence-electron chi connectivity index (χ0n) is 21.9. The highest BCUT2D eigenvalue weighted by molar-refractivity contribution is 6.09. The maximum atomic E-state index is 13.4. The Labute approximate surface area is 212 Å². The lowest BCUT2D eigenvalue weighted by Gasteiger charge is -2.28. The standard InChI is InChI=1S/C28H35N3O5/c1-27(2,3)18-9-11-19(12-10-18)28(4)25(33)31(26(34)29-28)17-24(32)30-15-7-8-22(30)21-16-20(35-5)13-14-23(21)36-6/h9-14,16,22H,7-8,15,17H2,1-6H3,(H,29,34)/t22-,28+/m0/s1. The first kappa shape index (κ1) is 25.5. The van der Waals surface area contributed by atoms with Crippen molar-refractivity contribution in [2.75, 3.05) is 27.3 Å². The fourth-order valence-corrected chi connectivity index (χ4v) is 5.05. The van der Waals surface area contributed by atoms with Crippen LogP contribution in [0.2, 0.25) is 0 Å². The van der Waals surface area contributed by atoms with Crippen molar-refractivity contribution in [2.24, 2.45) is 0 Å². The fourth-order valence-electron chi connectivity index (χ4n) is 5.05. The lowest BCUT2D eigenvalue weighted by atomic mass is 9.84. The average molecular weight is 494 g/mol. The first-order valence-electron chi connectivity index (χ1n) is 12.3. The molecule has 0 bridgehead atoms. The van der Waals surface area contributed by atoms with Gasteiger partial charge in [-0.05, 0) is 54.5 Å². The summed E-state index contributed by atoms with van der Waals surface area (Å²) in [5.74, 6) is 0.631. The second-order valence-electron chi connectivity index (χ2n) is 10.6. The number of methoxy groups -OCH3 is 2. The summed E-state index contributed by atoms with van der Waals surface area (Å²) < 4.78 is 10.9. The Bertz CT molecular complexity index is 1170. The summed E-state index contributed by atoms with van der Waals surface area (Å²) in [5, 5.41) is 2.81. The molecule has 2 aliphatic heterocycles. The number of amides is 4. The van der Waals surface area contributed by atoms with Crippen molar-refractivity contribution in [1.82, 2.24) is 15.1 Å². The molecule has 0 aromatic heterocycles. The SMILES string of the molecule is COc1ccc(OC)c([C@@H]2CCCN2C(=O)CN2C(=O)N[C@](C)(c3ccc(C(C)(C)C)cc3)C2=O)c1. The van der Waals surface area contributed by atoms with Gasteiger partial charge in [-0.1, -0.05) is 45.0 Å². The Hall–Kier alpha value is -3.55. The Morgan fingerprint density at radius 2 is 1.78 bits per heavy atom. The Balaban J connectivity index is 1.54. The predicted octanol–water partition coefficient (Wildman–Crippen LogP) is 4.13. The number of benzene rings is 2. The summed E-state index contributed by atoms with van der Waals surface area (Å²) in [4.78, 5) is 42.5. The number of carbonyl (C=O) groups excluding carboxylic acids is 3. The highest BCUT2D eigenvalue weighted by Gasteiger charge is 2.50. The van der Waals surface area contributed by atoms with Crippen LogP contribution in [0.25, 0.3) is 0 Å². The molecule has 8 nitrogen and oxygen atoms in total. The first-order valence-corrected chi connectivity index (χ1v) is 12.3.